The molecule has 4 aromatic rings. The van der Waals surface area contributed by atoms with Crippen molar-refractivity contribution in [3.05, 3.63) is 90.4 Å². The van der Waals surface area contributed by atoms with Crippen molar-refractivity contribution in [3.63, 3.8) is 0 Å². The largest absolute Gasteiger partial charge is 0.345 e. The molecule has 6 rings (SSSR count). The fourth-order valence-electron chi connectivity index (χ4n) is 5.80. The highest BCUT2D eigenvalue weighted by molar-refractivity contribution is 6.01. The average molecular weight is 519 g/mol. The molecule has 2 amide bonds. The number of nitrogens with one attached hydrogen (secondary N) is 1. The summed E-state index contributed by atoms with van der Waals surface area (Å²) in [5, 5.41) is 7.74. The maximum Gasteiger partial charge on any atom is 0.321 e. The number of fused-ring (bicyclic) bond motifs is 1. The third-order valence-corrected chi connectivity index (χ3v) is 7.55. The van der Waals surface area contributed by atoms with Crippen molar-refractivity contribution in [2.24, 2.45) is 5.92 Å². The highest BCUT2D eigenvalue weighted by Gasteiger charge is 2.62. The number of hydrogen-bond acceptors (Lipinski definition) is 3. The van der Waals surface area contributed by atoms with Gasteiger partial charge in [0.05, 0.1) is 35.4 Å². The second-order valence-corrected chi connectivity index (χ2v) is 10.1. The maximum atomic E-state index is 14.0. The monoisotopic (exact) mass is 518 g/mol. The van der Waals surface area contributed by atoms with Crippen molar-refractivity contribution in [2.45, 2.75) is 43.7 Å². The molecule has 1 aliphatic carbocycles. The van der Waals surface area contributed by atoms with Gasteiger partial charge in [0.25, 0.3) is 5.91 Å². The molecule has 1 aliphatic heterocycles. The summed E-state index contributed by atoms with van der Waals surface area (Å²) in [5.41, 5.74) is 1.82. The number of alkyl halides is 2. The number of rotatable bonds is 6. The van der Waals surface area contributed by atoms with E-state index in [1.807, 2.05) is 42.5 Å². The van der Waals surface area contributed by atoms with Gasteiger partial charge in [-0.05, 0) is 66.8 Å². The van der Waals surface area contributed by atoms with Gasteiger partial charge in [-0.1, -0.05) is 30.3 Å². The zero-order valence-corrected chi connectivity index (χ0v) is 20.6. The van der Waals surface area contributed by atoms with Gasteiger partial charge in [0.15, 0.2) is 0 Å². The highest BCUT2D eigenvalue weighted by atomic mass is 19.3. The molecular weight excluding hydrogens is 493 g/mol. The molecule has 0 spiro atoms. The van der Waals surface area contributed by atoms with Gasteiger partial charge in [-0.25, -0.2) is 9.07 Å². The molecule has 1 N–H and O–H groups in total. The first-order chi connectivity index (χ1) is 18.2. The van der Waals surface area contributed by atoms with Crippen molar-refractivity contribution < 1.29 is 22.8 Å². The second kappa shape index (κ2) is 8.72. The Kier molecular flexibility index (Phi) is 5.55. The lowest BCUT2D eigenvalue weighted by atomic mass is 9.78. The van der Waals surface area contributed by atoms with Gasteiger partial charge < -0.3 is 5.32 Å². The Labute approximate surface area is 217 Å². The maximum absolute atomic E-state index is 14.0. The van der Waals surface area contributed by atoms with Crippen molar-refractivity contribution in [2.75, 3.05) is 4.90 Å². The lowest BCUT2D eigenvalue weighted by molar-refractivity contribution is -0.144. The summed E-state index contributed by atoms with van der Waals surface area (Å²) in [5.74, 6) is -5.58. The Hall–Kier alpha value is -4.14. The Morgan fingerprint density at radius 1 is 1.03 bits per heavy atom. The van der Waals surface area contributed by atoms with Gasteiger partial charge >= 0.3 is 5.92 Å². The molecule has 1 aromatic heterocycles. The fourth-order valence-corrected chi connectivity index (χ4v) is 5.80. The number of anilines is 1. The van der Waals surface area contributed by atoms with Crippen LogP contribution in [0.15, 0.2) is 79.0 Å². The summed E-state index contributed by atoms with van der Waals surface area (Å²) >= 11 is 0. The van der Waals surface area contributed by atoms with E-state index >= 15 is 0 Å². The SMILES string of the molecule is CC(F)(F)C(=O)NC1CC(=O)N(c2ccc3c(cnn3-c3ccc(F)cc3)c2)[C@@]1(c1ccccc1)C1CC1. The molecule has 2 aliphatic rings. The topological polar surface area (TPSA) is 67.2 Å². The van der Waals surface area contributed by atoms with E-state index in [0.717, 1.165) is 29.3 Å². The molecule has 9 heteroatoms. The molecule has 0 bridgehead atoms. The fraction of sp³-hybridized carbons (Fsp3) is 0.276. The molecule has 2 heterocycles. The molecule has 1 saturated carbocycles. The van der Waals surface area contributed by atoms with Crippen LogP contribution in [0.1, 0.15) is 31.7 Å². The van der Waals surface area contributed by atoms with Crippen LogP contribution in [0.5, 0.6) is 0 Å². The smallest absolute Gasteiger partial charge is 0.321 e. The zero-order valence-electron chi connectivity index (χ0n) is 20.6. The van der Waals surface area contributed by atoms with Crippen LogP contribution in [0, 0.1) is 11.7 Å². The van der Waals surface area contributed by atoms with E-state index in [0.29, 0.717) is 18.3 Å². The number of hydrogen-bond donors (Lipinski definition) is 1. The molecule has 38 heavy (non-hydrogen) atoms. The predicted molar refractivity (Wildman–Crippen MR) is 137 cm³/mol. The Morgan fingerprint density at radius 3 is 2.37 bits per heavy atom. The lowest BCUT2D eigenvalue weighted by Gasteiger charge is -2.43. The Morgan fingerprint density at radius 2 is 1.71 bits per heavy atom. The van der Waals surface area contributed by atoms with Gasteiger partial charge in [-0.3, -0.25) is 14.5 Å². The predicted octanol–water partition coefficient (Wildman–Crippen LogP) is 5.35. The highest BCUT2D eigenvalue weighted by Crippen LogP contribution is 2.56. The summed E-state index contributed by atoms with van der Waals surface area (Å²) in [6, 6.07) is 20.0. The van der Waals surface area contributed by atoms with Crippen LogP contribution in [0.3, 0.4) is 0 Å². The lowest BCUT2D eigenvalue weighted by Crippen LogP contribution is -2.58. The van der Waals surface area contributed by atoms with Crippen LogP contribution in [0.2, 0.25) is 0 Å². The van der Waals surface area contributed by atoms with Gasteiger partial charge in [-0.15, -0.1) is 0 Å². The summed E-state index contributed by atoms with van der Waals surface area (Å²) in [6.45, 7) is 0.560. The molecule has 194 valence electrons. The summed E-state index contributed by atoms with van der Waals surface area (Å²) in [4.78, 5) is 27.8. The van der Waals surface area contributed by atoms with E-state index < -0.39 is 23.4 Å². The third kappa shape index (κ3) is 3.84. The van der Waals surface area contributed by atoms with Crippen LogP contribution in [0.4, 0.5) is 18.9 Å². The number of carbonyl (C=O) groups excluding carboxylic acids is 2. The van der Waals surface area contributed by atoms with E-state index in [1.165, 1.54) is 12.1 Å². The minimum atomic E-state index is -3.57. The standard InChI is InChI=1S/C29H25F3N4O2/c1-28(31,32)27(38)34-25-16-26(37)35(29(25,20-7-8-20)19-5-3-2-4-6-19)23-13-14-24-18(15-23)17-33-36(24)22-11-9-21(30)10-12-22/h2-6,9-15,17,20,25H,7-8,16H2,1H3,(H,34,38)/t25?,29-/m0/s1. The van der Waals surface area contributed by atoms with Gasteiger partial charge in [0.2, 0.25) is 5.91 Å². The van der Waals surface area contributed by atoms with Crippen LogP contribution >= 0.6 is 0 Å². The minimum Gasteiger partial charge on any atom is -0.345 e. The first kappa shape index (κ1) is 24.2. The summed E-state index contributed by atoms with van der Waals surface area (Å²) < 4.78 is 43.0. The average Bonchev–Trinajstić information content (AvgIpc) is 3.59. The quantitative estimate of drug-likeness (QED) is 0.374. The number of aromatic nitrogens is 2. The number of amides is 2. The molecular formula is C29H25F3N4O2. The van der Waals surface area contributed by atoms with E-state index in [4.69, 9.17) is 0 Å². The summed E-state index contributed by atoms with van der Waals surface area (Å²) in [6.07, 6.45) is 3.18. The molecule has 1 unspecified atom stereocenters. The summed E-state index contributed by atoms with van der Waals surface area (Å²) in [7, 11) is 0. The number of nitrogens with zero attached hydrogens (tertiary/aromatic N) is 3. The van der Waals surface area contributed by atoms with Crippen molar-refractivity contribution in [1.82, 2.24) is 15.1 Å². The molecule has 3 aromatic carbocycles. The second-order valence-electron chi connectivity index (χ2n) is 10.1. The van der Waals surface area contributed by atoms with E-state index in [9.17, 15) is 22.8 Å². The van der Waals surface area contributed by atoms with E-state index in [-0.39, 0.29) is 24.1 Å². The Balaban J connectivity index is 1.47. The minimum absolute atomic E-state index is 0.00948. The van der Waals surface area contributed by atoms with Gasteiger partial charge in [0.1, 0.15) is 5.82 Å². The van der Waals surface area contributed by atoms with Crippen molar-refractivity contribution >= 4 is 28.4 Å². The molecule has 6 nitrogen and oxygen atoms in total. The van der Waals surface area contributed by atoms with E-state index in [2.05, 4.69) is 10.4 Å². The molecule has 2 fully saturated rings. The Bertz CT molecular complexity index is 1530. The van der Waals surface area contributed by atoms with Crippen LogP contribution in [0.25, 0.3) is 16.6 Å². The zero-order chi connectivity index (χ0) is 26.7. The van der Waals surface area contributed by atoms with Crippen molar-refractivity contribution in [1.29, 1.82) is 0 Å². The van der Waals surface area contributed by atoms with Gasteiger partial charge in [0, 0.05) is 18.0 Å². The number of carbonyl (C=O) groups is 2. The molecule has 1 saturated heterocycles. The number of benzene rings is 3. The van der Waals surface area contributed by atoms with Gasteiger partial charge in [-0.2, -0.15) is 13.9 Å². The van der Waals surface area contributed by atoms with Crippen LogP contribution < -0.4 is 10.2 Å². The third-order valence-electron chi connectivity index (χ3n) is 7.55. The van der Waals surface area contributed by atoms with E-state index in [1.54, 1.807) is 34.0 Å². The molecule has 2 atom stereocenters. The number of halogens is 3. The van der Waals surface area contributed by atoms with Crippen molar-refractivity contribution in [3.8, 4) is 5.69 Å². The molecule has 0 radical (unpaired) electrons. The van der Waals surface area contributed by atoms with Crippen LogP contribution in [-0.2, 0) is 15.1 Å². The normalized spacial score (nSPS) is 21.7. The van der Waals surface area contributed by atoms with Crippen LogP contribution in [-0.4, -0.2) is 33.6 Å². The first-order valence-electron chi connectivity index (χ1n) is 12.5. The first-order valence-corrected chi connectivity index (χ1v) is 12.5.